The number of aromatic hydroxyl groups is 1. The molecule has 0 atom stereocenters. The van der Waals surface area contributed by atoms with Gasteiger partial charge in [0, 0.05) is 13.1 Å². The normalized spacial score (nSPS) is 10.2. The molecule has 2 aromatic rings. The van der Waals surface area contributed by atoms with Crippen molar-refractivity contribution in [3.05, 3.63) is 40.2 Å². The fourth-order valence-corrected chi connectivity index (χ4v) is 1.44. The van der Waals surface area contributed by atoms with Crippen LogP contribution in [0.4, 0.5) is 11.6 Å². The Balaban J connectivity index is 2.36. The van der Waals surface area contributed by atoms with E-state index in [0.29, 0.717) is 0 Å². The maximum atomic E-state index is 11.9. The quantitative estimate of drug-likeness (QED) is 0.620. The Labute approximate surface area is 106 Å². The van der Waals surface area contributed by atoms with Gasteiger partial charge in [-0.3, -0.25) is 20.2 Å². The zero-order valence-corrected chi connectivity index (χ0v) is 9.77. The highest BCUT2D eigenvalue weighted by Crippen LogP contribution is 2.23. The second-order valence-corrected chi connectivity index (χ2v) is 3.62. The zero-order valence-electron chi connectivity index (χ0n) is 9.77. The first-order valence-electron chi connectivity index (χ1n) is 5.12. The van der Waals surface area contributed by atoms with Crippen LogP contribution in [0.3, 0.4) is 0 Å². The Morgan fingerprint density at radius 2 is 2.26 bits per heavy atom. The van der Waals surface area contributed by atoms with E-state index in [0.717, 1.165) is 18.2 Å². The number of anilines is 1. The predicted molar refractivity (Wildman–Crippen MR) is 63.7 cm³/mol. The van der Waals surface area contributed by atoms with Crippen LogP contribution in [0.1, 0.15) is 10.4 Å². The number of phenols is 1. The number of carbonyl (C=O) groups is 1. The second kappa shape index (κ2) is 4.72. The first-order valence-corrected chi connectivity index (χ1v) is 5.12. The Kier molecular flexibility index (Phi) is 3.10. The smallest absolute Gasteiger partial charge is 0.282 e. The number of nitro benzene ring substituents is 1. The van der Waals surface area contributed by atoms with Crippen LogP contribution < -0.4 is 5.32 Å². The van der Waals surface area contributed by atoms with Gasteiger partial charge in [-0.15, -0.1) is 0 Å². The number of hydrogen-bond donors (Lipinski definition) is 2. The lowest BCUT2D eigenvalue weighted by atomic mass is 10.1. The van der Waals surface area contributed by atoms with Gasteiger partial charge in [-0.1, -0.05) is 0 Å². The summed E-state index contributed by atoms with van der Waals surface area (Å²) in [6, 6.07) is 3.21. The molecule has 0 unspecified atom stereocenters. The Bertz CT molecular complexity index is 651. The van der Waals surface area contributed by atoms with Gasteiger partial charge in [0.25, 0.3) is 11.6 Å². The van der Waals surface area contributed by atoms with Crippen molar-refractivity contribution in [2.45, 2.75) is 0 Å². The van der Waals surface area contributed by atoms with Crippen molar-refractivity contribution in [3.8, 4) is 5.75 Å². The minimum absolute atomic E-state index is 0.141. The van der Waals surface area contributed by atoms with E-state index in [-0.39, 0.29) is 17.3 Å². The summed E-state index contributed by atoms with van der Waals surface area (Å²) in [6.07, 6.45) is 1.23. The molecule has 0 aliphatic rings. The third kappa shape index (κ3) is 2.49. The van der Waals surface area contributed by atoms with Gasteiger partial charge < -0.3 is 5.11 Å². The van der Waals surface area contributed by atoms with E-state index in [1.54, 1.807) is 7.05 Å². The number of nitro groups is 1. The zero-order chi connectivity index (χ0) is 14.0. The minimum Gasteiger partial charge on any atom is -0.508 e. The van der Waals surface area contributed by atoms with Gasteiger partial charge in [-0.05, 0) is 12.1 Å². The van der Waals surface area contributed by atoms with Crippen molar-refractivity contribution in [1.29, 1.82) is 0 Å². The number of benzene rings is 1. The summed E-state index contributed by atoms with van der Waals surface area (Å²) in [4.78, 5) is 25.8. The molecule has 0 bridgehead atoms. The number of nitrogens with one attached hydrogen (secondary N) is 1. The summed E-state index contributed by atoms with van der Waals surface area (Å²) in [7, 11) is 1.56. The van der Waals surface area contributed by atoms with Crippen LogP contribution in [0.5, 0.6) is 5.75 Å². The van der Waals surface area contributed by atoms with Gasteiger partial charge >= 0.3 is 0 Å². The van der Waals surface area contributed by atoms with Crippen molar-refractivity contribution in [1.82, 2.24) is 14.8 Å². The van der Waals surface area contributed by atoms with Gasteiger partial charge in [-0.2, -0.15) is 10.1 Å². The molecule has 0 fully saturated rings. The fourth-order valence-electron chi connectivity index (χ4n) is 1.44. The van der Waals surface area contributed by atoms with E-state index >= 15 is 0 Å². The molecular formula is C10H9N5O4. The van der Waals surface area contributed by atoms with E-state index in [1.165, 1.54) is 11.0 Å². The van der Waals surface area contributed by atoms with Crippen molar-refractivity contribution in [2.24, 2.45) is 7.05 Å². The largest absolute Gasteiger partial charge is 0.508 e. The topological polar surface area (TPSA) is 123 Å². The number of hydrogen-bond acceptors (Lipinski definition) is 6. The van der Waals surface area contributed by atoms with Crippen molar-refractivity contribution >= 4 is 17.5 Å². The molecule has 0 saturated heterocycles. The monoisotopic (exact) mass is 263 g/mol. The lowest BCUT2D eigenvalue weighted by Gasteiger charge is -2.05. The van der Waals surface area contributed by atoms with Crippen LogP contribution in [0.15, 0.2) is 24.5 Å². The van der Waals surface area contributed by atoms with E-state index in [9.17, 15) is 20.0 Å². The lowest BCUT2D eigenvalue weighted by molar-refractivity contribution is -0.385. The van der Waals surface area contributed by atoms with Crippen molar-refractivity contribution in [2.75, 3.05) is 5.32 Å². The van der Waals surface area contributed by atoms with Gasteiger partial charge in [-0.25, -0.2) is 4.68 Å². The van der Waals surface area contributed by atoms with Gasteiger partial charge in [0.2, 0.25) is 5.95 Å². The maximum Gasteiger partial charge on any atom is 0.282 e. The predicted octanol–water partition coefficient (Wildman–Crippen LogP) is 0.681. The van der Waals surface area contributed by atoms with Crippen LogP contribution in [-0.4, -0.2) is 30.7 Å². The molecule has 98 valence electrons. The Morgan fingerprint density at radius 1 is 1.53 bits per heavy atom. The first-order chi connectivity index (χ1) is 8.99. The second-order valence-electron chi connectivity index (χ2n) is 3.62. The Morgan fingerprint density at radius 3 is 2.84 bits per heavy atom. The third-order valence-corrected chi connectivity index (χ3v) is 2.36. The summed E-state index contributed by atoms with van der Waals surface area (Å²) in [5, 5.41) is 26.2. The number of nitrogens with zero attached hydrogens (tertiary/aromatic N) is 4. The van der Waals surface area contributed by atoms with E-state index in [1.807, 2.05) is 0 Å². The molecule has 0 aliphatic carbocycles. The van der Waals surface area contributed by atoms with Crippen LogP contribution in [-0.2, 0) is 7.05 Å². The molecule has 2 rings (SSSR count). The van der Waals surface area contributed by atoms with Gasteiger partial charge in [0.1, 0.15) is 17.6 Å². The molecule has 0 aliphatic heterocycles. The van der Waals surface area contributed by atoms with Crippen molar-refractivity contribution in [3.63, 3.8) is 0 Å². The van der Waals surface area contributed by atoms with Crippen LogP contribution in [0.25, 0.3) is 0 Å². The SMILES string of the molecule is Cn1ncnc1NC(=O)c1cc(O)ccc1[N+](=O)[O-]. The highest BCUT2D eigenvalue weighted by molar-refractivity contribution is 6.06. The molecule has 2 N–H and O–H groups in total. The van der Waals surface area contributed by atoms with E-state index in [2.05, 4.69) is 15.4 Å². The average molecular weight is 263 g/mol. The molecule has 19 heavy (non-hydrogen) atoms. The number of aryl methyl sites for hydroxylation is 1. The summed E-state index contributed by atoms with van der Waals surface area (Å²) < 4.78 is 1.30. The summed E-state index contributed by atoms with van der Waals surface area (Å²) in [6.45, 7) is 0. The average Bonchev–Trinajstić information content (AvgIpc) is 2.74. The highest BCUT2D eigenvalue weighted by atomic mass is 16.6. The minimum atomic E-state index is -0.751. The number of carbonyl (C=O) groups excluding carboxylic acids is 1. The molecule has 1 heterocycles. The van der Waals surface area contributed by atoms with Crippen LogP contribution in [0.2, 0.25) is 0 Å². The molecule has 1 aromatic heterocycles. The molecular weight excluding hydrogens is 254 g/mol. The Hall–Kier alpha value is -2.97. The molecule has 1 amide bonds. The van der Waals surface area contributed by atoms with Crippen molar-refractivity contribution < 1.29 is 14.8 Å². The molecule has 1 aromatic carbocycles. The van der Waals surface area contributed by atoms with Gasteiger partial charge in [0.15, 0.2) is 0 Å². The molecule has 0 saturated carbocycles. The molecule has 9 nitrogen and oxygen atoms in total. The van der Waals surface area contributed by atoms with Crippen LogP contribution >= 0.6 is 0 Å². The number of rotatable bonds is 3. The fraction of sp³-hybridized carbons (Fsp3) is 0.100. The van der Waals surface area contributed by atoms with E-state index in [4.69, 9.17) is 0 Å². The number of phenolic OH excluding ortho intramolecular Hbond substituents is 1. The number of amides is 1. The van der Waals surface area contributed by atoms with Crippen LogP contribution in [0, 0.1) is 10.1 Å². The summed E-state index contributed by atoms with van der Waals surface area (Å²) >= 11 is 0. The lowest BCUT2D eigenvalue weighted by Crippen LogP contribution is -2.16. The first kappa shape index (κ1) is 12.5. The number of aromatic nitrogens is 3. The molecule has 9 heteroatoms. The van der Waals surface area contributed by atoms with Gasteiger partial charge in [0.05, 0.1) is 4.92 Å². The summed E-state index contributed by atoms with van der Waals surface area (Å²) in [5.41, 5.74) is -0.662. The summed E-state index contributed by atoms with van der Waals surface area (Å²) in [5.74, 6) is -0.852. The highest BCUT2D eigenvalue weighted by Gasteiger charge is 2.21. The molecule has 0 radical (unpaired) electrons. The van der Waals surface area contributed by atoms with E-state index < -0.39 is 16.5 Å². The third-order valence-electron chi connectivity index (χ3n) is 2.36. The maximum absolute atomic E-state index is 11.9. The standard InChI is InChI=1S/C10H9N5O4/c1-14-10(11-5-12-14)13-9(17)7-4-6(16)2-3-8(7)15(18)19/h2-5,16H,1H3,(H,11,12,13,17). The molecule has 0 spiro atoms.